The van der Waals surface area contributed by atoms with Gasteiger partial charge in [0.1, 0.15) is 18.1 Å². The Balaban J connectivity index is 1.12. The summed E-state index contributed by atoms with van der Waals surface area (Å²) in [5.41, 5.74) is 2.37. The van der Waals surface area contributed by atoms with Crippen molar-refractivity contribution < 1.29 is 46.1 Å². The average Bonchev–Trinajstić information content (AvgIpc) is 3.69. The van der Waals surface area contributed by atoms with Gasteiger partial charge in [-0.1, -0.05) is 11.3 Å². The molecule has 258 valence electrons. The normalized spacial score (nSPS) is 16.0. The minimum Gasteiger partial charge on any atom is -0.497 e. The van der Waals surface area contributed by atoms with Crippen molar-refractivity contribution >= 4 is 40.0 Å². The number of carbonyl (C=O) groups is 2. The van der Waals surface area contributed by atoms with Crippen LogP contribution in [0.25, 0.3) is 21.8 Å². The third kappa shape index (κ3) is 8.10. The number of nitrogens with one attached hydrogen (secondary N) is 2. The minimum absolute atomic E-state index is 0.0427. The Kier molecular flexibility index (Phi) is 9.71. The van der Waals surface area contributed by atoms with Crippen LogP contribution in [-0.2, 0) is 14.3 Å². The van der Waals surface area contributed by atoms with Gasteiger partial charge < -0.3 is 34.5 Å². The van der Waals surface area contributed by atoms with Crippen LogP contribution in [0.4, 0.5) is 34.3 Å². The van der Waals surface area contributed by atoms with Gasteiger partial charge in [0.15, 0.2) is 22.8 Å². The van der Waals surface area contributed by atoms with Crippen molar-refractivity contribution in [1.82, 2.24) is 19.9 Å². The zero-order valence-corrected chi connectivity index (χ0v) is 27.0. The molecule has 1 aliphatic carbocycles. The van der Waals surface area contributed by atoms with E-state index in [-0.39, 0.29) is 37.8 Å². The van der Waals surface area contributed by atoms with Crippen LogP contribution in [0.2, 0.25) is 0 Å². The number of nitrogens with zero attached hydrogens (tertiary/aromatic N) is 4. The van der Waals surface area contributed by atoms with Crippen LogP contribution in [-0.4, -0.2) is 84.0 Å². The number of anilines is 3. The highest BCUT2D eigenvalue weighted by atomic mass is 32.1. The molecule has 0 spiro atoms. The maximum atomic E-state index is 15.0. The number of hydrogen-bond acceptors (Lipinski definition) is 12. The van der Waals surface area contributed by atoms with E-state index in [1.165, 1.54) is 28.4 Å². The van der Waals surface area contributed by atoms with Gasteiger partial charge in [-0.15, -0.1) is 0 Å². The first kappa shape index (κ1) is 33.7. The molecular formula is C32H30F4N6O6S. The summed E-state index contributed by atoms with van der Waals surface area (Å²) in [6.07, 6.45) is -3.08. The molecule has 2 fully saturated rings. The molecule has 4 aromatic rings. The van der Waals surface area contributed by atoms with Crippen LogP contribution >= 0.6 is 11.3 Å². The molecule has 2 aromatic heterocycles. The van der Waals surface area contributed by atoms with Crippen LogP contribution in [0.1, 0.15) is 19.3 Å². The van der Waals surface area contributed by atoms with Crippen molar-refractivity contribution in [3.63, 3.8) is 0 Å². The van der Waals surface area contributed by atoms with Crippen LogP contribution in [0.15, 0.2) is 48.7 Å². The van der Waals surface area contributed by atoms with Gasteiger partial charge in [-0.2, -0.15) is 13.2 Å². The summed E-state index contributed by atoms with van der Waals surface area (Å²) >= 11 is 1.45. The van der Waals surface area contributed by atoms with E-state index in [1.54, 1.807) is 38.6 Å². The van der Waals surface area contributed by atoms with E-state index >= 15 is 0 Å². The van der Waals surface area contributed by atoms with E-state index in [1.807, 2.05) is 12.1 Å². The summed E-state index contributed by atoms with van der Waals surface area (Å²) in [6.45, 7) is -0.120. The Morgan fingerprint density at radius 1 is 1.04 bits per heavy atom. The predicted molar refractivity (Wildman–Crippen MR) is 171 cm³/mol. The number of thiazole rings is 1. The zero-order valence-electron chi connectivity index (χ0n) is 26.2. The van der Waals surface area contributed by atoms with Gasteiger partial charge in [0, 0.05) is 48.6 Å². The number of benzene rings is 2. The van der Waals surface area contributed by atoms with Gasteiger partial charge in [-0.05, 0) is 43.2 Å². The Morgan fingerprint density at radius 2 is 1.80 bits per heavy atom. The molecule has 2 aliphatic rings. The van der Waals surface area contributed by atoms with Crippen LogP contribution in [0, 0.1) is 5.82 Å². The number of alkyl halides is 3. The highest BCUT2D eigenvalue weighted by molar-refractivity contribution is 7.19. The number of likely N-dealkylation sites (tertiary alicyclic amines) is 1. The lowest BCUT2D eigenvalue weighted by Gasteiger charge is -2.17. The van der Waals surface area contributed by atoms with Crippen LogP contribution < -0.4 is 24.8 Å². The molecule has 1 aliphatic heterocycles. The molecule has 6 rings (SSSR count). The number of hydrogen-bond donors (Lipinski definition) is 2. The summed E-state index contributed by atoms with van der Waals surface area (Å²) in [7, 11) is 3.15. The maximum Gasteiger partial charge on any atom is 0.490 e. The molecule has 17 heteroatoms. The lowest BCUT2D eigenvalue weighted by atomic mass is 10.1. The molecule has 1 saturated carbocycles. The summed E-state index contributed by atoms with van der Waals surface area (Å²) in [6, 6.07) is 11.8. The molecule has 1 saturated heterocycles. The molecule has 1 unspecified atom stereocenters. The van der Waals surface area contributed by atoms with Crippen molar-refractivity contribution in [2.45, 2.75) is 37.6 Å². The van der Waals surface area contributed by atoms with Crippen molar-refractivity contribution in [2.24, 2.45) is 0 Å². The van der Waals surface area contributed by atoms with E-state index in [0.717, 1.165) is 28.4 Å². The third-order valence-electron chi connectivity index (χ3n) is 7.58. The molecular weight excluding hydrogens is 672 g/mol. The summed E-state index contributed by atoms with van der Waals surface area (Å²) < 4.78 is 73.1. The molecule has 0 radical (unpaired) electrons. The standard InChI is InChI=1S/C32H30F4N6O6S/c1-45-20-13-17(14-21(16-20)46-2)26-27(49-31(41-26)39-18-3-4-18)23-7-9-37-30(40-23)38-19-5-6-24(22(33)15-19)47-12-11-42-10-8-25(28(42)43)48-29(44)32(34,35)36/h5-7,9,13-16,18,25H,3-4,8,10-12H2,1-2H3,(H,39,41)(H,37,38,40). The number of methoxy groups -OCH3 is 2. The van der Waals surface area contributed by atoms with Gasteiger partial charge in [0.05, 0.1) is 37.0 Å². The van der Waals surface area contributed by atoms with Crippen molar-refractivity contribution in [3.05, 3.63) is 54.5 Å². The first-order valence-electron chi connectivity index (χ1n) is 15.1. The van der Waals surface area contributed by atoms with Gasteiger partial charge in [-0.3, -0.25) is 4.79 Å². The van der Waals surface area contributed by atoms with Gasteiger partial charge in [0.2, 0.25) is 5.95 Å². The zero-order chi connectivity index (χ0) is 34.7. The first-order chi connectivity index (χ1) is 23.5. The number of rotatable bonds is 13. The summed E-state index contributed by atoms with van der Waals surface area (Å²) in [5, 5.41) is 7.19. The number of esters is 1. The van der Waals surface area contributed by atoms with E-state index in [4.69, 9.17) is 19.2 Å². The van der Waals surface area contributed by atoms with Crippen LogP contribution in [0.3, 0.4) is 0 Å². The second-order valence-electron chi connectivity index (χ2n) is 11.1. The number of ether oxygens (including phenoxy) is 4. The average molecular weight is 703 g/mol. The fraction of sp³-hybridized carbons (Fsp3) is 0.344. The fourth-order valence-corrected chi connectivity index (χ4v) is 6.01. The summed E-state index contributed by atoms with van der Waals surface area (Å²) in [5.74, 6) is -2.59. The Hall–Kier alpha value is -5.19. The highest BCUT2D eigenvalue weighted by Gasteiger charge is 2.45. The predicted octanol–water partition coefficient (Wildman–Crippen LogP) is 5.83. The Bertz CT molecular complexity index is 1830. The molecule has 2 N–H and O–H groups in total. The molecule has 1 amide bonds. The third-order valence-corrected chi connectivity index (χ3v) is 8.59. The van der Waals surface area contributed by atoms with E-state index in [9.17, 15) is 27.2 Å². The van der Waals surface area contributed by atoms with Crippen molar-refractivity contribution in [2.75, 3.05) is 44.5 Å². The number of halogens is 4. The second kappa shape index (κ2) is 14.1. The van der Waals surface area contributed by atoms with E-state index < -0.39 is 30.0 Å². The largest absolute Gasteiger partial charge is 0.497 e. The van der Waals surface area contributed by atoms with E-state index in [2.05, 4.69) is 25.3 Å². The van der Waals surface area contributed by atoms with Gasteiger partial charge in [0.25, 0.3) is 5.91 Å². The topological polar surface area (TPSA) is 137 Å². The maximum absolute atomic E-state index is 15.0. The Labute approximate surface area is 281 Å². The number of amides is 1. The SMILES string of the molecule is COc1cc(OC)cc(-c2nc(NC3CC3)sc2-c2ccnc(Nc3ccc(OCCN4CCC(OC(=O)C(F)(F)F)C4=O)c(F)c3)n2)c1. The van der Waals surface area contributed by atoms with Crippen molar-refractivity contribution in [3.8, 4) is 39.1 Å². The Morgan fingerprint density at radius 3 is 2.47 bits per heavy atom. The molecule has 1 atom stereocenters. The minimum atomic E-state index is -5.20. The van der Waals surface area contributed by atoms with Gasteiger partial charge in [-0.25, -0.2) is 24.1 Å². The number of carbonyl (C=O) groups excluding carboxylic acids is 2. The van der Waals surface area contributed by atoms with Crippen LogP contribution in [0.5, 0.6) is 17.2 Å². The second-order valence-corrected chi connectivity index (χ2v) is 12.1. The van der Waals surface area contributed by atoms with Crippen molar-refractivity contribution in [1.29, 1.82) is 0 Å². The monoisotopic (exact) mass is 702 g/mol. The molecule has 2 aromatic carbocycles. The lowest BCUT2D eigenvalue weighted by Crippen LogP contribution is -2.37. The lowest BCUT2D eigenvalue weighted by molar-refractivity contribution is -0.204. The molecule has 12 nitrogen and oxygen atoms in total. The fourth-order valence-electron chi connectivity index (χ4n) is 4.97. The quantitative estimate of drug-likeness (QED) is 0.129. The molecule has 0 bridgehead atoms. The first-order valence-corrected chi connectivity index (χ1v) is 15.9. The molecule has 3 heterocycles. The smallest absolute Gasteiger partial charge is 0.490 e. The van der Waals surface area contributed by atoms with Gasteiger partial charge >= 0.3 is 12.1 Å². The highest BCUT2D eigenvalue weighted by Crippen LogP contribution is 2.42. The number of aromatic nitrogens is 3. The molecule has 49 heavy (non-hydrogen) atoms. The summed E-state index contributed by atoms with van der Waals surface area (Å²) in [4.78, 5) is 39.2. The van der Waals surface area contributed by atoms with E-state index in [0.29, 0.717) is 34.6 Å².